The Morgan fingerprint density at radius 2 is 2.28 bits per heavy atom. The molecule has 0 saturated heterocycles. The summed E-state index contributed by atoms with van der Waals surface area (Å²) in [6, 6.07) is 5.76. The van der Waals surface area contributed by atoms with Crippen molar-refractivity contribution in [2.24, 2.45) is 22.7 Å². The third-order valence-electron chi connectivity index (χ3n) is 3.54. The average Bonchev–Trinajstić information content (AvgIpc) is 3.03. The minimum absolute atomic E-state index is 0.146. The number of benzene rings is 1. The summed E-state index contributed by atoms with van der Waals surface area (Å²) in [5.41, 5.74) is 7.46. The zero-order valence-corrected chi connectivity index (χ0v) is 12.2. The topological polar surface area (TPSA) is 61.8 Å². The van der Waals surface area contributed by atoms with Crippen molar-refractivity contribution in [3.63, 3.8) is 0 Å². The second kappa shape index (κ2) is 5.18. The fourth-order valence-corrected chi connectivity index (χ4v) is 2.54. The number of hydrogen-bond acceptors (Lipinski definition) is 3. The maximum absolute atomic E-state index is 8.83. The van der Waals surface area contributed by atoms with Crippen LogP contribution in [0.2, 0.25) is 0 Å². The number of nitrogens with two attached hydrogens (primary N) is 1. The third kappa shape index (κ3) is 2.77. The Bertz CT molecular complexity index is 475. The number of anilines is 1. The molecule has 2 rings (SSSR count). The molecular weight excluding hydrogens is 294 g/mol. The van der Waals surface area contributed by atoms with Gasteiger partial charge in [0.1, 0.15) is 0 Å². The van der Waals surface area contributed by atoms with Gasteiger partial charge >= 0.3 is 0 Å². The molecule has 5 heteroatoms. The average molecular weight is 312 g/mol. The van der Waals surface area contributed by atoms with Gasteiger partial charge in [-0.15, -0.1) is 0 Å². The maximum Gasteiger partial charge on any atom is 0.172 e. The second-order valence-corrected chi connectivity index (χ2v) is 5.92. The van der Waals surface area contributed by atoms with Gasteiger partial charge in [0.15, 0.2) is 5.84 Å². The molecule has 0 aromatic heterocycles. The molecule has 1 aliphatic carbocycles. The summed E-state index contributed by atoms with van der Waals surface area (Å²) in [5, 5.41) is 11.9. The summed E-state index contributed by atoms with van der Waals surface area (Å²) in [4.78, 5) is 2.17. The van der Waals surface area contributed by atoms with Crippen LogP contribution in [-0.2, 0) is 0 Å². The van der Waals surface area contributed by atoms with Crippen LogP contribution in [0.5, 0.6) is 0 Å². The molecule has 0 heterocycles. The third-order valence-corrected chi connectivity index (χ3v) is 4.03. The predicted molar refractivity (Wildman–Crippen MR) is 77.2 cm³/mol. The zero-order chi connectivity index (χ0) is 13.3. The molecular formula is C13H18BrN3O. The van der Waals surface area contributed by atoms with Gasteiger partial charge in [0, 0.05) is 29.3 Å². The Kier molecular flexibility index (Phi) is 3.80. The van der Waals surface area contributed by atoms with E-state index in [0.717, 1.165) is 34.1 Å². The van der Waals surface area contributed by atoms with E-state index < -0.39 is 0 Å². The van der Waals surface area contributed by atoms with E-state index in [0.29, 0.717) is 0 Å². The molecule has 0 amide bonds. The molecule has 1 aromatic rings. The summed E-state index contributed by atoms with van der Waals surface area (Å²) < 4.78 is 0.989. The normalized spacial score (nSPS) is 22.9. The molecule has 18 heavy (non-hydrogen) atoms. The standard InChI is InChI=1S/C13H18BrN3O/c1-8-5-9(8)7-17(2)12-6-10(14)3-4-11(12)13(15)16-18/h3-4,6,8-9,18H,5,7H2,1-2H3,(H2,15,16). The first-order valence-electron chi connectivity index (χ1n) is 6.01. The summed E-state index contributed by atoms with van der Waals surface area (Å²) >= 11 is 3.46. The maximum atomic E-state index is 8.83. The van der Waals surface area contributed by atoms with Gasteiger partial charge in [-0.05, 0) is 36.5 Å². The van der Waals surface area contributed by atoms with E-state index in [9.17, 15) is 0 Å². The van der Waals surface area contributed by atoms with E-state index in [1.165, 1.54) is 6.42 Å². The van der Waals surface area contributed by atoms with Gasteiger partial charge in [-0.1, -0.05) is 28.0 Å². The van der Waals surface area contributed by atoms with E-state index >= 15 is 0 Å². The van der Waals surface area contributed by atoms with Crippen molar-refractivity contribution in [1.82, 2.24) is 0 Å². The Hall–Kier alpha value is -1.23. The van der Waals surface area contributed by atoms with Crippen molar-refractivity contribution in [3.8, 4) is 0 Å². The molecule has 4 nitrogen and oxygen atoms in total. The first-order chi connectivity index (χ1) is 8.52. The minimum Gasteiger partial charge on any atom is -0.409 e. The highest BCUT2D eigenvalue weighted by Crippen LogP contribution is 2.39. The Labute approximate surface area is 116 Å². The number of amidine groups is 1. The van der Waals surface area contributed by atoms with Crippen LogP contribution in [0.15, 0.2) is 27.8 Å². The predicted octanol–water partition coefficient (Wildman–Crippen LogP) is 2.64. The molecule has 2 unspecified atom stereocenters. The van der Waals surface area contributed by atoms with Crippen LogP contribution in [0.3, 0.4) is 0 Å². The van der Waals surface area contributed by atoms with Gasteiger partial charge in [0.2, 0.25) is 0 Å². The van der Waals surface area contributed by atoms with Gasteiger partial charge < -0.3 is 15.8 Å². The molecule has 3 N–H and O–H groups in total. The van der Waals surface area contributed by atoms with Crippen LogP contribution < -0.4 is 10.6 Å². The quantitative estimate of drug-likeness (QED) is 0.389. The van der Waals surface area contributed by atoms with Crippen molar-refractivity contribution in [2.75, 3.05) is 18.5 Å². The lowest BCUT2D eigenvalue weighted by atomic mass is 10.1. The van der Waals surface area contributed by atoms with Gasteiger partial charge in [-0.25, -0.2) is 0 Å². The summed E-state index contributed by atoms with van der Waals surface area (Å²) in [7, 11) is 2.04. The smallest absolute Gasteiger partial charge is 0.172 e. The van der Waals surface area contributed by atoms with Crippen molar-refractivity contribution < 1.29 is 5.21 Å². The van der Waals surface area contributed by atoms with Crippen molar-refractivity contribution >= 4 is 27.5 Å². The minimum atomic E-state index is 0.146. The fourth-order valence-electron chi connectivity index (χ4n) is 2.19. The SMILES string of the molecule is CC1CC1CN(C)c1cc(Br)ccc1/C(N)=N/O. The Morgan fingerprint density at radius 3 is 2.83 bits per heavy atom. The van der Waals surface area contributed by atoms with Crippen LogP contribution in [-0.4, -0.2) is 24.6 Å². The van der Waals surface area contributed by atoms with Crippen molar-refractivity contribution in [3.05, 3.63) is 28.2 Å². The number of oxime groups is 1. The van der Waals surface area contributed by atoms with Gasteiger partial charge in [0.05, 0.1) is 0 Å². The number of hydrogen-bond donors (Lipinski definition) is 2. The number of rotatable bonds is 4. The zero-order valence-electron chi connectivity index (χ0n) is 10.6. The van der Waals surface area contributed by atoms with E-state index in [-0.39, 0.29) is 5.84 Å². The number of nitrogens with zero attached hydrogens (tertiary/aromatic N) is 2. The molecule has 0 spiro atoms. The van der Waals surface area contributed by atoms with Crippen LogP contribution in [0.4, 0.5) is 5.69 Å². The summed E-state index contributed by atoms with van der Waals surface area (Å²) in [6.45, 7) is 3.27. The highest BCUT2D eigenvalue weighted by Gasteiger charge is 2.33. The number of halogens is 1. The van der Waals surface area contributed by atoms with Crippen LogP contribution in [0.1, 0.15) is 18.9 Å². The Balaban J connectivity index is 2.26. The molecule has 0 radical (unpaired) electrons. The highest BCUT2D eigenvalue weighted by molar-refractivity contribution is 9.10. The first kappa shape index (κ1) is 13.2. The monoisotopic (exact) mass is 311 g/mol. The van der Waals surface area contributed by atoms with Crippen LogP contribution >= 0.6 is 15.9 Å². The van der Waals surface area contributed by atoms with Crippen molar-refractivity contribution in [2.45, 2.75) is 13.3 Å². The van der Waals surface area contributed by atoms with E-state index in [4.69, 9.17) is 10.9 Å². The molecule has 1 saturated carbocycles. The molecule has 0 aliphatic heterocycles. The molecule has 1 aromatic carbocycles. The lowest BCUT2D eigenvalue weighted by Crippen LogP contribution is -2.25. The largest absolute Gasteiger partial charge is 0.409 e. The van der Waals surface area contributed by atoms with Crippen LogP contribution in [0, 0.1) is 11.8 Å². The van der Waals surface area contributed by atoms with E-state index in [2.05, 4.69) is 32.9 Å². The molecule has 0 bridgehead atoms. The molecule has 2 atom stereocenters. The highest BCUT2D eigenvalue weighted by atomic mass is 79.9. The molecule has 98 valence electrons. The van der Waals surface area contributed by atoms with Crippen molar-refractivity contribution in [1.29, 1.82) is 0 Å². The lowest BCUT2D eigenvalue weighted by molar-refractivity contribution is 0.318. The fraction of sp³-hybridized carbons (Fsp3) is 0.462. The second-order valence-electron chi connectivity index (χ2n) is 5.00. The van der Waals surface area contributed by atoms with E-state index in [1.54, 1.807) is 0 Å². The van der Waals surface area contributed by atoms with E-state index in [1.807, 2.05) is 25.2 Å². The first-order valence-corrected chi connectivity index (χ1v) is 6.80. The molecule has 1 fully saturated rings. The molecule has 1 aliphatic rings. The summed E-state index contributed by atoms with van der Waals surface area (Å²) in [5.74, 6) is 1.72. The van der Waals surface area contributed by atoms with Gasteiger partial charge in [0.25, 0.3) is 0 Å². The Morgan fingerprint density at radius 1 is 1.61 bits per heavy atom. The van der Waals surface area contributed by atoms with Gasteiger partial charge in [-0.2, -0.15) is 0 Å². The van der Waals surface area contributed by atoms with Gasteiger partial charge in [-0.3, -0.25) is 0 Å². The summed E-state index contributed by atoms with van der Waals surface area (Å²) in [6.07, 6.45) is 1.29. The van der Waals surface area contributed by atoms with Crippen LogP contribution in [0.25, 0.3) is 0 Å². The lowest BCUT2D eigenvalue weighted by Gasteiger charge is -2.22.